The average Bonchev–Trinajstić information content (AvgIpc) is 3.58. The first kappa shape index (κ1) is 30.4. The minimum atomic E-state index is -5.25. The van der Waals surface area contributed by atoms with Gasteiger partial charge in [0.2, 0.25) is 17.9 Å². The molecule has 0 saturated carbocycles. The highest BCUT2D eigenvalue weighted by Gasteiger charge is 2.57. The number of aromatic nitrogens is 3. The Balaban J connectivity index is 1.54. The van der Waals surface area contributed by atoms with Gasteiger partial charge in [0, 0.05) is 37.3 Å². The molecule has 3 aromatic rings. The number of carboxylic acids is 1. The minimum Gasteiger partial charge on any atom is -0.481 e. The van der Waals surface area contributed by atoms with Crippen LogP contribution in [0.3, 0.4) is 0 Å². The third-order valence-electron chi connectivity index (χ3n) is 9.22. The molecule has 46 heavy (non-hydrogen) atoms. The molecule has 4 aliphatic rings. The van der Waals surface area contributed by atoms with Gasteiger partial charge in [0.05, 0.1) is 23.2 Å². The predicted molar refractivity (Wildman–Crippen MR) is 146 cm³/mol. The van der Waals surface area contributed by atoms with Crippen molar-refractivity contribution in [3.05, 3.63) is 28.8 Å². The topological polar surface area (TPSA) is 130 Å². The van der Waals surface area contributed by atoms with E-state index in [1.54, 1.807) is 0 Å². The number of alkyl halides is 6. The molecular weight excluding hydrogens is 634 g/mol. The number of hydrogen-bond donors (Lipinski definition) is 3. The summed E-state index contributed by atoms with van der Waals surface area (Å²) in [6, 6.07) is -1.90. The fourth-order valence-electron chi connectivity index (χ4n) is 7.13. The van der Waals surface area contributed by atoms with E-state index < -0.39 is 98.9 Å². The van der Waals surface area contributed by atoms with Gasteiger partial charge in [-0.05, 0) is 37.8 Å². The summed E-state index contributed by atoms with van der Waals surface area (Å²) in [5.74, 6) is -6.08. The Morgan fingerprint density at radius 3 is 2.46 bits per heavy atom. The number of nitrogen functional groups attached to an aromatic ring is 1. The van der Waals surface area contributed by atoms with Crippen LogP contribution >= 0.6 is 0 Å². The molecule has 3 fully saturated rings. The van der Waals surface area contributed by atoms with Gasteiger partial charge in [-0.1, -0.05) is 0 Å². The molecular formula is C28H25F8N7O3. The zero-order valence-corrected chi connectivity index (χ0v) is 23.8. The molecule has 7 rings (SSSR count). The fraction of sp³-hybridized carbons (Fsp3) is 0.500. The van der Waals surface area contributed by atoms with E-state index in [2.05, 4.69) is 20.3 Å². The van der Waals surface area contributed by atoms with Crippen LogP contribution in [0.25, 0.3) is 22.2 Å². The summed E-state index contributed by atoms with van der Waals surface area (Å²) in [4.78, 5) is 27.1. The first-order chi connectivity index (χ1) is 21.5. The number of nitrogens with two attached hydrogens (primary N) is 1. The summed E-state index contributed by atoms with van der Waals surface area (Å²) in [5, 5.41) is 12.3. The molecule has 2 aromatic heterocycles. The van der Waals surface area contributed by atoms with Gasteiger partial charge >= 0.3 is 18.3 Å². The lowest BCUT2D eigenvalue weighted by atomic mass is 9.96. The number of carbonyl (C=O) groups is 1. The third kappa shape index (κ3) is 4.62. The van der Waals surface area contributed by atoms with Gasteiger partial charge in [0.1, 0.15) is 28.2 Å². The second kappa shape index (κ2) is 10.1. The molecule has 18 heteroatoms. The summed E-state index contributed by atoms with van der Waals surface area (Å²) in [6.07, 6.45) is -11.8. The van der Waals surface area contributed by atoms with Gasteiger partial charge in [0.15, 0.2) is 5.82 Å². The Hall–Kier alpha value is -4.22. The first-order valence-electron chi connectivity index (χ1n) is 14.4. The van der Waals surface area contributed by atoms with Crippen molar-refractivity contribution in [3.63, 3.8) is 0 Å². The smallest absolute Gasteiger partial charge is 0.427 e. The zero-order valence-electron chi connectivity index (χ0n) is 23.8. The van der Waals surface area contributed by atoms with E-state index in [1.807, 2.05) is 0 Å². The summed E-state index contributed by atoms with van der Waals surface area (Å²) in [7, 11) is 0. The molecule has 246 valence electrons. The molecule has 5 atom stereocenters. The van der Waals surface area contributed by atoms with Crippen molar-refractivity contribution in [2.45, 2.75) is 62.8 Å². The van der Waals surface area contributed by atoms with Crippen molar-refractivity contribution in [2.75, 3.05) is 35.2 Å². The number of aliphatic carboxylic acids is 1. The fourth-order valence-corrected chi connectivity index (χ4v) is 7.13. The lowest BCUT2D eigenvalue weighted by molar-refractivity contribution is -0.203. The lowest BCUT2D eigenvalue weighted by Gasteiger charge is -2.43. The molecule has 3 saturated heterocycles. The quantitative estimate of drug-likeness (QED) is 0.275. The molecule has 0 radical (unpaired) electrons. The van der Waals surface area contributed by atoms with Crippen LogP contribution < -0.4 is 25.6 Å². The highest BCUT2D eigenvalue weighted by molar-refractivity contribution is 5.98. The average molecular weight is 660 g/mol. The molecule has 0 aliphatic carbocycles. The number of ether oxygens (including phenoxy) is 1. The van der Waals surface area contributed by atoms with Crippen LogP contribution in [0.2, 0.25) is 0 Å². The number of hydrogen-bond acceptors (Lipinski definition) is 9. The standard InChI is InChI=1S/C28H25F8N7O3/c1-9-16(27(31,32)33)12(6-13(37)17(9)29)19-18(30)20-15-23(41-26(40-20)42-5-4-10(7-42)25(44)45)43-8-11-2-3-14(38-11)21(43)22(28(34,35)36)46-24(15)39-19/h6,10-11,14,21-22,38H,2-5,7-8,37H2,1H3,(H,44,45)/t10-,11-,14+,21+,22-/m1/s1. The molecule has 0 unspecified atom stereocenters. The number of carboxylic acid groups (broad SMARTS) is 1. The largest absolute Gasteiger partial charge is 0.481 e. The molecule has 0 spiro atoms. The Kier molecular flexibility index (Phi) is 6.71. The number of anilines is 3. The monoisotopic (exact) mass is 659 g/mol. The van der Waals surface area contributed by atoms with Crippen LogP contribution in [0.4, 0.5) is 52.6 Å². The van der Waals surface area contributed by atoms with Crippen LogP contribution in [-0.2, 0) is 11.0 Å². The minimum absolute atomic E-state index is 0.00906. The molecule has 4 aliphatic heterocycles. The number of rotatable bonds is 3. The predicted octanol–water partition coefficient (Wildman–Crippen LogP) is 4.42. The number of pyridine rings is 1. The number of fused-ring (bicyclic) bond motifs is 5. The van der Waals surface area contributed by atoms with Crippen LogP contribution in [0.1, 0.15) is 30.4 Å². The van der Waals surface area contributed by atoms with Crippen LogP contribution in [0.5, 0.6) is 5.88 Å². The highest BCUT2D eigenvalue weighted by atomic mass is 19.4. The molecule has 6 heterocycles. The van der Waals surface area contributed by atoms with Crippen molar-refractivity contribution in [1.82, 2.24) is 20.3 Å². The highest BCUT2D eigenvalue weighted by Crippen LogP contribution is 2.49. The number of halogens is 8. The normalized spacial score (nSPS) is 25.9. The summed E-state index contributed by atoms with van der Waals surface area (Å²) in [6.45, 7) is 0.802. The third-order valence-corrected chi connectivity index (χ3v) is 9.22. The van der Waals surface area contributed by atoms with Gasteiger partial charge in [-0.3, -0.25) is 4.79 Å². The number of benzene rings is 1. The van der Waals surface area contributed by atoms with Gasteiger partial charge < -0.3 is 30.7 Å². The summed E-state index contributed by atoms with van der Waals surface area (Å²) in [5.41, 5.74) is -0.564. The molecule has 2 bridgehead atoms. The number of nitrogens with one attached hydrogen (secondary N) is 1. The Morgan fingerprint density at radius 2 is 1.80 bits per heavy atom. The molecule has 1 aromatic carbocycles. The van der Waals surface area contributed by atoms with Crippen LogP contribution in [0.15, 0.2) is 6.07 Å². The van der Waals surface area contributed by atoms with E-state index in [4.69, 9.17) is 10.5 Å². The van der Waals surface area contributed by atoms with Crippen molar-refractivity contribution in [3.8, 4) is 17.1 Å². The summed E-state index contributed by atoms with van der Waals surface area (Å²) < 4.78 is 124. The molecule has 10 nitrogen and oxygen atoms in total. The van der Waals surface area contributed by atoms with E-state index in [1.165, 1.54) is 9.80 Å². The second-order valence-electron chi connectivity index (χ2n) is 12.0. The zero-order chi connectivity index (χ0) is 33.0. The number of piperazine rings is 1. The Bertz CT molecular complexity index is 1790. The van der Waals surface area contributed by atoms with E-state index in [0.29, 0.717) is 18.9 Å². The summed E-state index contributed by atoms with van der Waals surface area (Å²) >= 11 is 0. The lowest BCUT2D eigenvalue weighted by Crippen LogP contribution is -2.66. The van der Waals surface area contributed by atoms with Crippen molar-refractivity contribution >= 4 is 34.3 Å². The molecule has 0 amide bonds. The van der Waals surface area contributed by atoms with Gasteiger partial charge in [-0.25, -0.2) is 18.7 Å². The van der Waals surface area contributed by atoms with E-state index in [-0.39, 0.29) is 43.9 Å². The van der Waals surface area contributed by atoms with E-state index in [9.17, 15) is 40.6 Å². The molecule has 4 N–H and O–H groups in total. The van der Waals surface area contributed by atoms with E-state index in [0.717, 1.165) is 6.92 Å². The first-order valence-corrected chi connectivity index (χ1v) is 14.4. The van der Waals surface area contributed by atoms with Gasteiger partial charge in [0.25, 0.3) is 0 Å². The van der Waals surface area contributed by atoms with Crippen molar-refractivity contribution in [1.29, 1.82) is 0 Å². The van der Waals surface area contributed by atoms with Gasteiger partial charge in [-0.15, -0.1) is 0 Å². The number of nitrogens with zero attached hydrogens (tertiary/aromatic N) is 5. The van der Waals surface area contributed by atoms with Crippen molar-refractivity contribution < 1.29 is 49.8 Å². The van der Waals surface area contributed by atoms with Crippen LogP contribution in [0, 0.1) is 24.5 Å². The SMILES string of the molecule is Cc1c(F)c(N)cc(-c2nc3c4c(nc(N5CC[C@@H](C(=O)O)C5)nc4c2F)N2C[C@H]4CC[C@H](N4)[C@H]2[C@H](C(F)(F)F)O3)c1C(F)(F)F. The van der Waals surface area contributed by atoms with Crippen molar-refractivity contribution in [2.24, 2.45) is 5.92 Å². The maximum absolute atomic E-state index is 16.7. The second-order valence-corrected chi connectivity index (χ2v) is 12.0. The maximum atomic E-state index is 16.7. The maximum Gasteiger partial charge on any atom is 0.427 e. The Morgan fingerprint density at radius 1 is 1.07 bits per heavy atom. The van der Waals surface area contributed by atoms with Crippen LogP contribution in [-0.4, -0.2) is 76.1 Å². The van der Waals surface area contributed by atoms with Gasteiger partial charge in [-0.2, -0.15) is 31.3 Å². The Labute approximate surface area is 254 Å². The van der Waals surface area contributed by atoms with E-state index >= 15 is 4.39 Å².